The molecular weight excluding hydrogens is 532 g/mol. The number of ether oxygens (including phenoxy) is 2. The van der Waals surface area contributed by atoms with Crippen LogP contribution < -0.4 is 0 Å². The number of quaternary nitrogens is 1. The topological polar surface area (TPSA) is 38.8 Å². The molecule has 9 rings (SSSR count). The van der Waals surface area contributed by atoms with Crippen molar-refractivity contribution in [3.05, 3.63) is 0 Å². The number of hydrogen-bond donors (Lipinski definition) is 0. The first-order valence-electron chi connectivity index (χ1n) is 18.6. The normalized spacial score (nSPS) is 55.8. The second-order valence-electron chi connectivity index (χ2n) is 19.6. The van der Waals surface area contributed by atoms with Crippen molar-refractivity contribution in [2.45, 2.75) is 125 Å². The van der Waals surface area contributed by atoms with E-state index in [1.165, 1.54) is 57.8 Å². The van der Waals surface area contributed by atoms with Crippen LogP contribution >= 0.6 is 0 Å². The number of esters is 1. The first-order valence-corrected chi connectivity index (χ1v) is 18.6. The SMILES string of the molecule is CC1(C)CC[C@]23CC[C@]4(C)C(CCC5[C@@]6(C)CC[C@H](OC(=O)C[N+]78CCN(CC7)CC8)C(C)(C)C6CC[C@]54C)C2[C@@H]1OC3. The van der Waals surface area contributed by atoms with Crippen LogP contribution in [0.2, 0.25) is 0 Å². The summed E-state index contributed by atoms with van der Waals surface area (Å²) in [6.07, 6.45) is 13.7. The molecule has 0 aromatic rings. The number of fused-ring (bicyclic) bond motifs is 8. The standard InChI is InChI=1S/C38H63N2O3/c1-33(2)14-16-38-17-15-36(6)26(31(38)32(33)42-25-38)8-9-28-35(5)12-11-29(34(3,4)27(35)10-13-37(28,36)7)43-30(41)24-40-21-18-39(19-22-40)20-23-40/h26-29,31-32H,8-25H2,1-7H3/q+1/t26?,27?,28?,29-,31?,32-,35-,36+,37+,38+/m0/s1. The molecule has 0 amide bonds. The fraction of sp³-hybridized carbons (Fsp3) is 0.974. The molecule has 0 aromatic carbocycles. The van der Waals surface area contributed by atoms with Gasteiger partial charge in [0.2, 0.25) is 0 Å². The molecule has 9 aliphatic rings. The average molecular weight is 596 g/mol. The molecular formula is C38H63N2O3+. The van der Waals surface area contributed by atoms with Gasteiger partial charge in [-0.1, -0.05) is 48.5 Å². The van der Waals surface area contributed by atoms with E-state index < -0.39 is 0 Å². The van der Waals surface area contributed by atoms with Crippen LogP contribution in [0, 0.1) is 56.2 Å². The zero-order valence-electron chi connectivity index (χ0n) is 28.8. The highest BCUT2D eigenvalue weighted by Gasteiger charge is 2.73. The Morgan fingerprint density at radius 1 is 0.791 bits per heavy atom. The largest absolute Gasteiger partial charge is 0.458 e. The fourth-order valence-electron chi connectivity index (χ4n) is 14.6. The summed E-state index contributed by atoms with van der Waals surface area (Å²) in [5.74, 6) is 3.04. The van der Waals surface area contributed by atoms with Gasteiger partial charge in [-0.3, -0.25) is 4.90 Å². The van der Waals surface area contributed by atoms with Crippen LogP contribution in [-0.2, 0) is 14.3 Å². The van der Waals surface area contributed by atoms with Gasteiger partial charge in [0.15, 0.2) is 6.54 Å². The molecule has 4 aliphatic heterocycles. The molecule has 0 spiro atoms. The minimum absolute atomic E-state index is 0.0271. The molecule has 0 aromatic heterocycles. The maximum absolute atomic E-state index is 13.5. The summed E-state index contributed by atoms with van der Waals surface area (Å²) >= 11 is 0. The summed E-state index contributed by atoms with van der Waals surface area (Å²) < 4.78 is 14.3. The Kier molecular flexibility index (Phi) is 6.39. The first kappa shape index (κ1) is 29.7. The van der Waals surface area contributed by atoms with Crippen LogP contribution in [0.3, 0.4) is 0 Å². The second-order valence-corrected chi connectivity index (χ2v) is 19.6. The smallest absolute Gasteiger partial charge is 0.362 e. The molecule has 242 valence electrons. The maximum atomic E-state index is 13.5. The Morgan fingerprint density at radius 3 is 2.21 bits per heavy atom. The van der Waals surface area contributed by atoms with E-state index in [4.69, 9.17) is 9.47 Å². The van der Waals surface area contributed by atoms with Gasteiger partial charge in [-0.2, -0.15) is 0 Å². The number of piperazine rings is 3. The maximum Gasteiger partial charge on any atom is 0.362 e. The predicted molar refractivity (Wildman–Crippen MR) is 170 cm³/mol. The van der Waals surface area contributed by atoms with E-state index in [2.05, 4.69) is 53.4 Å². The summed E-state index contributed by atoms with van der Waals surface area (Å²) in [5, 5.41) is 0. The zero-order valence-corrected chi connectivity index (χ0v) is 28.8. The molecule has 43 heavy (non-hydrogen) atoms. The minimum atomic E-state index is 0.0271. The van der Waals surface area contributed by atoms with Crippen molar-refractivity contribution in [3.8, 4) is 0 Å². The summed E-state index contributed by atoms with van der Waals surface area (Å²) in [4.78, 5) is 16.1. The van der Waals surface area contributed by atoms with Crippen molar-refractivity contribution in [3.63, 3.8) is 0 Å². The van der Waals surface area contributed by atoms with Crippen LogP contribution in [0.25, 0.3) is 0 Å². The monoisotopic (exact) mass is 595 g/mol. The second kappa shape index (κ2) is 9.24. The Bertz CT molecular complexity index is 1140. The third-order valence-corrected chi connectivity index (χ3v) is 17.5. The van der Waals surface area contributed by atoms with Crippen molar-refractivity contribution >= 4 is 5.97 Å². The highest BCUT2D eigenvalue weighted by molar-refractivity contribution is 5.71. The zero-order chi connectivity index (χ0) is 30.3. The summed E-state index contributed by atoms with van der Waals surface area (Å²) in [5.41, 5.74) is 1.92. The summed E-state index contributed by atoms with van der Waals surface area (Å²) in [6, 6.07) is 0. The minimum Gasteiger partial charge on any atom is -0.458 e. The van der Waals surface area contributed by atoms with Gasteiger partial charge in [-0.15, -0.1) is 0 Å². The van der Waals surface area contributed by atoms with E-state index in [-0.39, 0.29) is 17.5 Å². The molecule has 4 unspecified atom stereocenters. The van der Waals surface area contributed by atoms with Gasteiger partial charge in [0.1, 0.15) is 6.10 Å². The van der Waals surface area contributed by atoms with Crippen LogP contribution in [-0.4, -0.2) is 80.0 Å². The van der Waals surface area contributed by atoms with Gasteiger partial charge in [-0.25, -0.2) is 4.79 Å². The van der Waals surface area contributed by atoms with Gasteiger partial charge in [0.25, 0.3) is 0 Å². The molecule has 5 aliphatic carbocycles. The lowest BCUT2D eigenvalue weighted by Gasteiger charge is -2.73. The van der Waals surface area contributed by atoms with Crippen LogP contribution in [0.1, 0.15) is 113 Å². The van der Waals surface area contributed by atoms with Crippen molar-refractivity contribution in [1.29, 1.82) is 0 Å². The molecule has 4 heterocycles. The van der Waals surface area contributed by atoms with Crippen molar-refractivity contribution in [1.82, 2.24) is 4.90 Å². The van der Waals surface area contributed by atoms with Gasteiger partial charge < -0.3 is 14.0 Å². The van der Waals surface area contributed by atoms with Gasteiger partial charge in [0.05, 0.1) is 32.3 Å². The number of nitrogens with zero attached hydrogens (tertiary/aromatic N) is 2. The van der Waals surface area contributed by atoms with E-state index in [0.717, 1.165) is 74.5 Å². The molecule has 0 radical (unpaired) electrons. The highest BCUT2D eigenvalue weighted by atomic mass is 16.5. The lowest BCUT2D eigenvalue weighted by Crippen LogP contribution is -2.69. The summed E-state index contributed by atoms with van der Waals surface area (Å²) in [7, 11) is 0. The van der Waals surface area contributed by atoms with E-state index >= 15 is 0 Å². The third-order valence-electron chi connectivity index (χ3n) is 17.5. The molecule has 5 saturated carbocycles. The van der Waals surface area contributed by atoms with E-state index in [1.807, 2.05) is 0 Å². The molecule has 5 heteroatoms. The lowest BCUT2D eigenvalue weighted by atomic mass is 9.31. The average Bonchev–Trinajstić information content (AvgIpc) is 3.30. The van der Waals surface area contributed by atoms with E-state index in [0.29, 0.717) is 45.6 Å². The van der Waals surface area contributed by atoms with E-state index in [1.54, 1.807) is 0 Å². The third kappa shape index (κ3) is 3.89. The molecule has 0 N–H and O–H groups in total. The molecule has 9 fully saturated rings. The Balaban J connectivity index is 1.02. The number of carbonyl (C=O) groups excluding carboxylic acids is 1. The Morgan fingerprint density at radius 2 is 1.49 bits per heavy atom. The number of rotatable bonds is 3. The van der Waals surface area contributed by atoms with Gasteiger partial charge >= 0.3 is 5.97 Å². The molecule has 10 atom stereocenters. The molecule has 5 nitrogen and oxygen atoms in total. The number of hydrogen-bond acceptors (Lipinski definition) is 4. The Hall–Kier alpha value is -0.650. The van der Waals surface area contributed by atoms with Gasteiger partial charge in [-0.05, 0) is 115 Å². The molecule has 4 saturated heterocycles. The van der Waals surface area contributed by atoms with Crippen molar-refractivity contribution in [2.24, 2.45) is 56.2 Å². The highest BCUT2D eigenvalue weighted by Crippen LogP contribution is 2.78. The van der Waals surface area contributed by atoms with Crippen molar-refractivity contribution < 1.29 is 18.8 Å². The van der Waals surface area contributed by atoms with Gasteiger partial charge in [0, 0.05) is 25.0 Å². The lowest BCUT2D eigenvalue weighted by molar-refractivity contribution is -0.934. The van der Waals surface area contributed by atoms with Crippen LogP contribution in [0.4, 0.5) is 0 Å². The Labute approximate surface area is 262 Å². The predicted octanol–water partition coefficient (Wildman–Crippen LogP) is 6.93. The van der Waals surface area contributed by atoms with Crippen molar-refractivity contribution in [2.75, 3.05) is 52.4 Å². The van der Waals surface area contributed by atoms with Crippen LogP contribution in [0.5, 0.6) is 0 Å². The molecule has 4 bridgehead atoms. The van der Waals surface area contributed by atoms with Crippen LogP contribution in [0.15, 0.2) is 0 Å². The van der Waals surface area contributed by atoms with E-state index in [9.17, 15) is 4.79 Å². The summed E-state index contributed by atoms with van der Waals surface area (Å²) in [6.45, 7) is 26.6. The fourth-order valence-corrected chi connectivity index (χ4v) is 14.6. The number of carbonyl (C=O) groups is 1. The first-order chi connectivity index (χ1) is 20.2. The quantitative estimate of drug-likeness (QED) is 0.262.